The van der Waals surface area contributed by atoms with E-state index in [4.69, 9.17) is 14.3 Å². The molecule has 4 rings (SSSR count). The smallest absolute Gasteiger partial charge is 0.303 e. The Morgan fingerprint density at radius 3 is 2.55 bits per heavy atom. The lowest BCUT2D eigenvalue weighted by molar-refractivity contribution is -0.137. The van der Waals surface area contributed by atoms with E-state index in [1.165, 1.54) is 0 Å². The molecule has 0 bridgehead atoms. The quantitative estimate of drug-likeness (QED) is 0.303. The lowest BCUT2D eigenvalue weighted by Gasteiger charge is -2.13. The van der Waals surface area contributed by atoms with Gasteiger partial charge in [0.05, 0.1) is 19.4 Å². The molecule has 0 radical (unpaired) electrons. The molecule has 0 unspecified atom stereocenters. The average Bonchev–Trinajstić information content (AvgIpc) is 3.47. The van der Waals surface area contributed by atoms with Crippen LogP contribution in [0.5, 0.6) is 5.75 Å². The third-order valence-electron chi connectivity index (χ3n) is 5.31. The second kappa shape index (κ2) is 10.6. The highest BCUT2D eigenvalue weighted by atomic mass is 16.5. The summed E-state index contributed by atoms with van der Waals surface area (Å²) in [5.74, 6) is 2.38. The van der Waals surface area contributed by atoms with Gasteiger partial charge in [-0.25, -0.2) is 9.67 Å². The van der Waals surface area contributed by atoms with Crippen molar-refractivity contribution in [3.63, 3.8) is 0 Å². The van der Waals surface area contributed by atoms with Crippen LogP contribution in [0.1, 0.15) is 37.1 Å². The number of carboxylic acid groups (broad SMARTS) is 1. The number of carboxylic acids is 1. The summed E-state index contributed by atoms with van der Waals surface area (Å²) in [5, 5.41) is 13.3. The van der Waals surface area contributed by atoms with Crippen LogP contribution in [0.4, 0.5) is 0 Å². The summed E-state index contributed by atoms with van der Waals surface area (Å²) in [7, 11) is 0. The van der Waals surface area contributed by atoms with Crippen LogP contribution in [0, 0.1) is 6.92 Å². The lowest BCUT2D eigenvalue weighted by Crippen LogP contribution is -2.07. The fourth-order valence-electron chi connectivity index (χ4n) is 3.68. The van der Waals surface area contributed by atoms with Crippen molar-refractivity contribution in [1.82, 2.24) is 14.8 Å². The van der Waals surface area contributed by atoms with Gasteiger partial charge in [-0.3, -0.25) is 4.79 Å². The number of aromatic nitrogens is 3. The molecule has 7 heteroatoms. The Morgan fingerprint density at radius 1 is 1.00 bits per heavy atom. The summed E-state index contributed by atoms with van der Waals surface area (Å²) in [6, 6.07) is 19.8. The Labute approximate surface area is 192 Å². The predicted octanol–water partition coefficient (Wildman–Crippen LogP) is 5.59. The van der Waals surface area contributed by atoms with Gasteiger partial charge < -0.3 is 14.3 Å². The third kappa shape index (κ3) is 5.88. The van der Waals surface area contributed by atoms with Crippen molar-refractivity contribution in [2.45, 2.75) is 39.2 Å². The van der Waals surface area contributed by atoms with E-state index in [0.717, 1.165) is 46.9 Å². The van der Waals surface area contributed by atoms with Crippen molar-refractivity contribution in [2.75, 3.05) is 6.61 Å². The molecule has 33 heavy (non-hydrogen) atoms. The highest BCUT2D eigenvalue weighted by Crippen LogP contribution is 2.26. The molecule has 4 aromatic rings. The summed E-state index contributed by atoms with van der Waals surface area (Å²) in [6.07, 6.45) is 4.18. The van der Waals surface area contributed by atoms with Gasteiger partial charge in [0.1, 0.15) is 17.3 Å². The van der Waals surface area contributed by atoms with Gasteiger partial charge in [-0.05, 0) is 44.4 Å². The summed E-state index contributed by atoms with van der Waals surface area (Å²) in [6.45, 7) is 2.97. The zero-order valence-electron chi connectivity index (χ0n) is 18.6. The Balaban J connectivity index is 1.45. The fourth-order valence-corrected chi connectivity index (χ4v) is 3.68. The van der Waals surface area contributed by atoms with Gasteiger partial charge >= 0.3 is 5.97 Å². The van der Waals surface area contributed by atoms with Crippen molar-refractivity contribution in [3.05, 3.63) is 78.3 Å². The van der Waals surface area contributed by atoms with Crippen molar-refractivity contribution < 1.29 is 19.1 Å². The number of para-hydroxylation sites is 1. The number of furan rings is 1. The van der Waals surface area contributed by atoms with Crippen molar-refractivity contribution in [3.8, 4) is 28.5 Å². The molecule has 0 fully saturated rings. The SMILES string of the molecule is Cc1nc(-c2ccc(-c3ccco3)cc2)n(Cc2ccccc2OCCCCCC(=O)O)n1. The minimum absolute atomic E-state index is 0.202. The fraction of sp³-hybridized carbons (Fsp3) is 0.269. The molecule has 170 valence electrons. The van der Waals surface area contributed by atoms with Crippen LogP contribution in [0.15, 0.2) is 71.3 Å². The van der Waals surface area contributed by atoms with Gasteiger partial charge in [-0.1, -0.05) is 42.5 Å². The summed E-state index contributed by atoms with van der Waals surface area (Å²) in [4.78, 5) is 15.3. The monoisotopic (exact) mass is 445 g/mol. The summed E-state index contributed by atoms with van der Waals surface area (Å²) in [5.41, 5.74) is 3.00. The standard InChI is InChI=1S/C26H27N3O4/c1-19-27-26(21-14-12-20(13-15-21)23-10-7-17-33-23)29(28-19)18-22-8-4-5-9-24(22)32-16-6-2-3-11-25(30)31/h4-5,7-10,12-15,17H,2-3,6,11,16,18H2,1H3,(H,30,31). The van der Waals surface area contributed by atoms with Crippen LogP contribution in [-0.4, -0.2) is 32.4 Å². The minimum Gasteiger partial charge on any atom is -0.493 e. The molecular formula is C26H27N3O4. The number of aliphatic carboxylic acids is 1. The first-order valence-electron chi connectivity index (χ1n) is 11.1. The zero-order chi connectivity index (χ0) is 23.0. The normalized spacial score (nSPS) is 10.9. The first-order chi connectivity index (χ1) is 16.1. The number of nitrogens with zero attached hydrogens (tertiary/aromatic N) is 3. The van der Waals surface area contributed by atoms with Crippen LogP contribution in [0.3, 0.4) is 0 Å². The van der Waals surface area contributed by atoms with Crippen molar-refractivity contribution in [1.29, 1.82) is 0 Å². The molecule has 0 aliphatic rings. The number of hydrogen-bond donors (Lipinski definition) is 1. The van der Waals surface area contributed by atoms with E-state index in [-0.39, 0.29) is 6.42 Å². The maximum Gasteiger partial charge on any atom is 0.303 e. The van der Waals surface area contributed by atoms with E-state index < -0.39 is 5.97 Å². The Bertz CT molecular complexity index is 1180. The summed E-state index contributed by atoms with van der Waals surface area (Å²) < 4.78 is 13.4. The van der Waals surface area contributed by atoms with Gasteiger partial charge in [0.2, 0.25) is 0 Å². The Kier molecular flexibility index (Phi) is 7.19. The van der Waals surface area contributed by atoms with Crippen LogP contribution in [0.25, 0.3) is 22.7 Å². The number of rotatable bonds is 11. The number of hydrogen-bond acceptors (Lipinski definition) is 5. The van der Waals surface area contributed by atoms with E-state index >= 15 is 0 Å². The van der Waals surface area contributed by atoms with Crippen molar-refractivity contribution in [2.24, 2.45) is 0 Å². The zero-order valence-corrected chi connectivity index (χ0v) is 18.6. The third-order valence-corrected chi connectivity index (χ3v) is 5.31. The second-order valence-corrected chi connectivity index (χ2v) is 7.86. The molecule has 0 atom stereocenters. The Morgan fingerprint density at radius 2 is 1.79 bits per heavy atom. The molecular weight excluding hydrogens is 418 g/mol. The average molecular weight is 446 g/mol. The number of unbranched alkanes of at least 4 members (excludes halogenated alkanes) is 2. The van der Waals surface area contributed by atoms with Crippen LogP contribution in [0.2, 0.25) is 0 Å². The van der Waals surface area contributed by atoms with Gasteiger partial charge in [-0.2, -0.15) is 5.10 Å². The van der Waals surface area contributed by atoms with E-state index in [1.54, 1.807) is 6.26 Å². The Hall–Kier alpha value is -3.87. The first kappa shape index (κ1) is 22.3. The van der Waals surface area contributed by atoms with E-state index in [9.17, 15) is 4.79 Å². The first-order valence-corrected chi connectivity index (χ1v) is 11.1. The lowest BCUT2D eigenvalue weighted by atomic mass is 10.1. The molecule has 0 saturated heterocycles. The molecule has 2 heterocycles. The number of ether oxygens (including phenoxy) is 1. The maximum atomic E-state index is 10.6. The van der Waals surface area contributed by atoms with Gasteiger partial charge in [-0.15, -0.1) is 0 Å². The molecule has 0 spiro atoms. The molecule has 2 aromatic heterocycles. The van der Waals surface area contributed by atoms with E-state index in [0.29, 0.717) is 25.4 Å². The van der Waals surface area contributed by atoms with Crippen LogP contribution in [-0.2, 0) is 11.3 Å². The highest BCUT2D eigenvalue weighted by Gasteiger charge is 2.13. The molecule has 7 nitrogen and oxygen atoms in total. The predicted molar refractivity (Wildman–Crippen MR) is 125 cm³/mol. The minimum atomic E-state index is -0.754. The maximum absolute atomic E-state index is 10.6. The molecule has 0 aliphatic heterocycles. The number of benzene rings is 2. The largest absolute Gasteiger partial charge is 0.493 e. The van der Waals surface area contributed by atoms with Crippen molar-refractivity contribution >= 4 is 5.97 Å². The molecule has 2 aromatic carbocycles. The number of aryl methyl sites for hydroxylation is 1. The molecule has 1 N–H and O–H groups in total. The molecule has 0 amide bonds. The molecule has 0 aliphatic carbocycles. The van der Waals surface area contributed by atoms with E-state index in [2.05, 4.69) is 10.1 Å². The topological polar surface area (TPSA) is 90.4 Å². The van der Waals surface area contributed by atoms with Crippen LogP contribution < -0.4 is 4.74 Å². The van der Waals surface area contributed by atoms with Gasteiger partial charge in [0.25, 0.3) is 0 Å². The van der Waals surface area contributed by atoms with E-state index in [1.807, 2.05) is 72.3 Å². The van der Waals surface area contributed by atoms with Gasteiger partial charge in [0, 0.05) is 23.1 Å². The second-order valence-electron chi connectivity index (χ2n) is 7.86. The van der Waals surface area contributed by atoms with Crippen LogP contribution >= 0.6 is 0 Å². The number of carbonyl (C=O) groups is 1. The van der Waals surface area contributed by atoms with Gasteiger partial charge in [0.15, 0.2) is 5.82 Å². The highest BCUT2D eigenvalue weighted by molar-refractivity contribution is 5.66. The molecule has 0 saturated carbocycles. The summed E-state index contributed by atoms with van der Waals surface area (Å²) >= 11 is 0.